The molecule has 4 nitrogen and oxygen atoms in total. The average Bonchev–Trinajstić information content (AvgIpc) is 2.98. The first-order valence-electron chi connectivity index (χ1n) is 10.3. The molecule has 156 valence electrons. The molecule has 6 heteroatoms. The van der Waals surface area contributed by atoms with E-state index in [-0.39, 0.29) is 11.9 Å². The summed E-state index contributed by atoms with van der Waals surface area (Å²) in [6.45, 7) is 0.462. The average molecular weight is 485 g/mol. The molecular formula is C24H25BrN2O2S. The number of halogens is 1. The van der Waals surface area contributed by atoms with E-state index in [0.717, 1.165) is 47.0 Å². The van der Waals surface area contributed by atoms with E-state index in [1.54, 1.807) is 0 Å². The third kappa shape index (κ3) is 4.44. The highest BCUT2D eigenvalue weighted by Crippen LogP contribution is 2.32. The zero-order valence-corrected chi connectivity index (χ0v) is 19.4. The number of thiocarbonyl (C=S) groups is 1. The molecule has 0 N–H and O–H groups in total. The maximum absolute atomic E-state index is 13.2. The summed E-state index contributed by atoms with van der Waals surface area (Å²) < 4.78 is 7.12. The smallest absolute Gasteiger partial charge is 0.277 e. The van der Waals surface area contributed by atoms with Crippen LogP contribution in [0.1, 0.15) is 43.2 Å². The molecule has 1 aliphatic heterocycles. The third-order valence-corrected chi connectivity index (χ3v) is 6.75. The van der Waals surface area contributed by atoms with Crippen molar-refractivity contribution in [1.82, 2.24) is 9.80 Å². The molecule has 1 aliphatic carbocycles. The summed E-state index contributed by atoms with van der Waals surface area (Å²) in [6, 6.07) is 16.1. The van der Waals surface area contributed by atoms with Gasteiger partial charge in [0.25, 0.3) is 5.91 Å². The van der Waals surface area contributed by atoms with Crippen LogP contribution >= 0.6 is 28.1 Å². The molecule has 1 heterocycles. The SMILES string of the molecule is CN1C(=S)N(C2CCCCC2)C(=O)C1=Cc1ccccc1OCc1ccc(Br)cc1. The quantitative estimate of drug-likeness (QED) is 0.398. The van der Waals surface area contributed by atoms with E-state index in [1.807, 2.05) is 71.5 Å². The van der Waals surface area contributed by atoms with Gasteiger partial charge in [0.2, 0.25) is 0 Å². The Morgan fingerprint density at radius 1 is 1.10 bits per heavy atom. The number of benzene rings is 2. The van der Waals surface area contributed by atoms with Crippen molar-refractivity contribution in [1.29, 1.82) is 0 Å². The predicted molar refractivity (Wildman–Crippen MR) is 127 cm³/mol. The topological polar surface area (TPSA) is 32.8 Å². The van der Waals surface area contributed by atoms with Crippen molar-refractivity contribution in [3.05, 3.63) is 69.8 Å². The lowest BCUT2D eigenvalue weighted by Crippen LogP contribution is -2.41. The standard InChI is InChI=1S/C24H25BrN2O2S/c1-26-21(23(28)27(24(26)30)20-8-3-2-4-9-20)15-18-7-5-6-10-22(18)29-16-17-11-13-19(25)14-12-17/h5-7,10-15,20H,2-4,8-9,16H2,1H3. The van der Waals surface area contributed by atoms with Crippen molar-refractivity contribution >= 4 is 45.2 Å². The van der Waals surface area contributed by atoms with Crippen LogP contribution in [0.4, 0.5) is 0 Å². The van der Waals surface area contributed by atoms with E-state index in [0.29, 0.717) is 17.4 Å². The Bertz CT molecular complexity index is 967. The Labute approximate surface area is 191 Å². The summed E-state index contributed by atoms with van der Waals surface area (Å²) in [6.07, 6.45) is 7.51. The first-order chi connectivity index (χ1) is 14.5. The molecule has 0 spiro atoms. The van der Waals surface area contributed by atoms with E-state index in [1.165, 1.54) is 6.42 Å². The fourth-order valence-electron chi connectivity index (χ4n) is 4.06. The Balaban J connectivity index is 1.56. The maximum Gasteiger partial charge on any atom is 0.277 e. The molecule has 30 heavy (non-hydrogen) atoms. The molecule has 2 aliphatic rings. The predicted octanol–water partition coefficient (Wildman–Crippen LogP) is 5.76. The van der Waals surface area contributed by atoms with Gasteiger partial charge in [0, 0.05) is 23.1 Å². The van der Waals surface area contributed by atoms with E-state index in [4.69, 9.17) is 17.0 Å². The van der Waals surface area contributed by atoms with E-state index >= 15 is 0 Å². The largest absolute Gasteiger partial charge is 0.488 e. The third-order valence-electron chi connectivity index (χ3n) is 5.75. The molecular weight excluding hydrogens is 460 g/mol. The minimum atomic E-state index is -0.00267. The van der Waals surface area contributed by atoms with Crippen LogP contribution in [0.25, 0.3) is 6.08 Å². The minimum Gasteiger partial charge on any atom is -0.488 e. The number of amides is 1. The van der Waals surface area contributed by atoms with Crippen LogP contribution in [-0.2, 0) is 11.4 Å². The van der Waals surface area contributed by atoms with Gasteiger partial charge >= 0.3 is 0 Å². The highest BCUT2D eigenvalue weighted by molar-refractivity contribution is 9.10. The minimum absolute atomic E-state index is 0.00267. The van der Waals surface area contributed by atoms with Gasteiger partial charge in [0.05, 0.1) is 0 Å². The van der Waals surface area contributed by atoms with Gasteiger partial charge in [-0.3, -0.25) is 9.69 Å². The lowest BCUT2D eigenvalue weighted by molar-refractivity contribution is -0.124. The monoisotopic (exact) mass is 484 g/mol. The van der Waals surface area contributed by atoms with Gasteiger partial charge in [0.1, 0.15) is 18.1 Å². The molecule has 0 unspecified atom stereocenters. The first-order valence-corrected chi connectivity index (χ1v) is 11.5. The number of likely N-dealkylation sites (N-methyl/N-ethyl adjacent to an activating group) is 1. The van der Waals surface area contributed by atoms with Crippen molar-refractivity contribution in [2.24, 2.45) is 0 Å². The van der Waals surface area contributed by atoms with Crippen LogP contribution in [0.2, 0.25) is 0 Å². The molecule has 0 atom stereocenters. The van der Waals surface area contributed by atoms with Gasteiger partial charge < -0.3 is 9.64 Å². The van der Waals surface area contributed by atoms with Gasteiger partial charge in [-0.2, -0.15) is 0 Å². The second kappa shape index (κ2) is 9.31. The summed E-state index contributed by atoms with van der Waals surface area (Å²) in [4.78, 5) is 16.9. The normalized spacial score (nSPS) is 19.1. The number of hydrogen-bond donors (Lipinski definition) is 0. The van der Waals surface area contributed by atoms with Crippen LogP contribution in [0.5, 0.6) is 5.75 Å². The van der Waals surface area contributed by atoms with Crippen LogP contribution in [0.3, 0.4) is 0 Å². The number of nitrogens with zero attached hydrogens (tertiary/aromatic N) is 2. The molecule has 2 fully saturated rings. The number of ether oxygens (including phenoxy) is 1. The zero-order valence-electron chi connectivity index (χ0n) is 17.0. The molecule has 1 amide bonds. The molecule has 2 aromatic rings. The number of rotatable bonds is 5. The van der Waals surface area contributed by atoms with E-state index < -0.39 is 0 Å². The molecule has 1 saturated carbocycles. The van der Waals surface area contributed by atoms with Gasteiger partial charge in [-0.25, -0.2) is 0 Å². The van der Waals surface area contributed by atoms with Gasteiger partial charge in [-0.05, 0) is 54.9 Å². The summed E-state index contributed by atoms with van der Waals surface area (Å²) in [5.41, 5.74) is 2.56. The lowest BCUT2D eigenvalue weighted by Gasteiger charge is -2.30. The fourth-order valence-corrected chi connectivity index (χ4v) is 4.65. The molecule has 0 radical (unpaired) electrons. The highest BCUT2D eigenvalue weighted by atomic mass is 79.9. The molecule has 0 aromatic heterocycles. The summed E-state index contributed by atoms with van der Waals surface area (Å²) in [5.74, 6) is 0.744. The zero-order chi connectivity index (χ0) is 21.1. The summed E-state index contributed by atoms with van der Waals surface area (Å²) >= 11 is 9.08. The number of para-hydroxylation sites is 1. The van der Waals surface area contributed by atoms with Crippen LogP contribution in [-0.4, -0.2) is 33.9 Å². The maximum atomic E-state index is 13.2. The van der Waals surface area contributed by atoms with Crippen LogP contribution in [0.15, 0.2) is 58.7 Å². The Morgan fingerprint density at radius 3 is 2.53 bits per heavy atom. The van der Waals surface area contributed by atoms with Crippen molar-refractivity contribution < 1.29 is 9.53 Å². The number of carbonyl (C=O) groups excluding carboxylic acids is 1. The van der Waals surface area contributed by atoms with Crippen molar-refractivity contribution in [2.75, 3.05) is 7.05 Å². The van der Waals surface area contributed by atoms with Crippen LogP contribution < -0.4 is 4.74 Å². The van der Waals surface area contributed by atoms with Gasteiger partial charge in [-0.1, -0.05) is 65.5 Å². The summed E-state index contributed by atoms with van der Waals surface area (Å²) in [7, 11) is 1.88. The van der Waals surface area contributed by atoms with Crippen molar-refractivity contribution in [3.8, 4) is 5.75 Å². The molecule has 2 aromatic carbocycles. The van der Waals surface area contributed by atoms with Gasteiger partial charge in [0.15, 0.2) is 5.11 Å². The number of carbonyl (C=O) groups is 1. The summed E-state index contributed by atoms with van der Waals surface area (Å²) in [5, 5.41) is 0.603. The first kappa shape index (κ1) is 21.1. The van der Waals surface area contributed by atoms with E-state index in [2.05, 4.69) is 15.9 Å². The fraction of sp³-hybridized carbons (Fsp3) is 0.333. The number of hydrogen-bond acceptors (Lipinski definition) is 3. The Hall–Kier alpha value is -2.18. The molecule has 0 bridgehead atoms. The molecule has 4 rings (SSSR count). The second-order valence-corrected chi connectivity index (χ2v) is 9.07. The highest BCUT2D eigenvalue weighted by Gasteiger charge is 2.40. The molecule has 1 saturated heterocycles. The van der Waals surface area contributed by atoms with Gasteiger partial charge in [-0.15, -0.1) is 0 Å². The van der Waals surface area contributed by atoms with Crippen LogP contribution in [0, 0.1) is 0 Å². The Morgan fingerprint density at radius 2 is 1.80 bits per heavy atom. The van der Waals surface area contributed by atoms with Crippen molar-refractivity contribution in [2.45, 2.75) is 44.8 Å². The van der Waals surface area contributed by atoms with E-state index in [9.17, 15) is 4.79 Å². The Kier molecular flexibility index (Phi) is 6.54. The lowest BCUT2D eigenvalue weighted by atomic mass is 9.94. The van der Waals surface area contributed by atoms with Crippen molar-refractivity contribution in [3.63, 3.8) is 0 Å². The second-order valence-electron chi connectivity index (χ2n) is 7.79.